The van der Waals surface area contributed by atoms with E-state index in [0.717, 1.165) is 0 Å². The van der Waals surface area contributed by atoms with Crippen molar-refractivity contribution in [3.05, 3.63) is 0 Å². The van der Waals surface area contributed by atoms with Crippen molar-refractivity contribution in [3.63, 3.8) is 0 Å². The van der Waals surface area contributed by atoms with Crippen LogP contribution in [-0.2, 0) is 31.9 Å². The zero-order valence-electron chi connectivity index (χ0n) is 2.83. The van der Waals surface area contributed by atoms with Crippen LogP contribution in [0.4, 0.5) is 0 Å². The number of rotatable bonds is 0. The Morgan fingerprint density at radius 3 is 1.50 bits per heavy atom. The fraction of sp³-hybridized carbons (Fsp3) is 0. The molecular formula is H2CdClO3P. The number of hydrogen-bond acceptors (Lipinski definition) is 1. The molecule has 2 N–H and O–H groups in total. The standard InChI is InChI=1S/Cd.ClH2O3P/c;1-5(2,3)4/h;(H2,2,3,4). The fourth-order valence-corrected chi connectivity index (χ4v) is 0. The summed E-state index contributed by atoms with van der Waals surface area (Å²) in [5.41, 5.74) is 0. The predicted molar refractivity (Wildman–Crippen MR) is 17.9 cm³/mol. The Balaban J connectivity index is 0. The molecule has 0 aliphatic rings. The molecule has 34 valence electrons. The van der Waals surface area contributed by atoms with E-state index in [9.17, 15) is 0 Å². The Kier molecular flexibility index (Phi) is 5.83. The molecule has 0 bridgehead atoms. The summed E-state index contributed by atoms with van der Waals surface area (Å²) in [6.45, 7) is -4.17. The molecule has 0 fully saturated rings. The van der Waals surface area contributed by atoms with Crippen LogP contribution < -0.4 is 0 Å². The van der Waals surface area contributed by atoms with Gasteiger partial charge in [0.1, 0.15) is 0 Å². The van der Waals surface area contributed by atoms with Gasteiger partial charge in [0.05, 0.1) is 0 Å². The molecule has 3 nitrogen and oxygen atoms in total. The molecule has 0 aromatic carbocycles. The van der Waals surface area contributed by atoms with Crippen molar-refractivity contribution in [1.82, 2.24) is 0 Å². The van der Waals surface area contributed by atoms with E-state index in [1.807, 2.05) is 0 Å². The van der Waals surface area contributed by atoms with Gasteiger partial charge in [-0.2, -0.15) is 0 Å². The van der Waals surface area contributed by atoms with Crippen LogP contribution in [0.1, 0.15) is 0 Å². The second-order valence-electron chi connectivity index (χ2n) is 0.473. The summed E-state index contributed by atoms with van der Waals surface area (Å²) in [6.07, 6.45) is 0. The maximum Gasteiger partial charge on any atom is 0.419 e. The van der Waals surface area contributed by atoms with Crippen LogP contribution in [0.15, 0.2) is 0 Å². The summed E-state index contributed by atoms with van der Waals surface area (Å²) in [5.74, 6) is 0. The quantitative estimate of drug-likeness (QED) is 0.464. The Morgan fingerprint density at radius 2 is 1.50 bits per heavy atom. The van der Waals surface area contributed by atoms with E-state index in [-0.39, 0.29) is 27.3 Å². The van der Waals surface area contributed by atoms with Crippen molar-refractivity contribution in [1.29, 1.82) is 0 Å². The molecular weight excluding hydrogens is 227 g/mol. The molecule has 0 spiro atoms. The third kappa shape index (κ3) is 55.0. The van der Waals surface area contributed by atoms with Gasteiger partial charge in [0.2, 0.25) is 0 Å². The van der Waals surface area contributed by atoms with E-state index in [2.05, 4.69) is 11.2 Å². The van der Waals surface area contributed by atoms with Gasteiger partial charge in [-0.1, -0.05) is 0 Å². The van der Waals surface area contributed by atoms with Gasteiger partial charge in [0.25, 0.3) is 0 Å². The minimum absolute atomic E-state index is 0. The Labute approximate surface area is 59.8 Å². The molecule has 0 radical (unpaired) electrons. The molecule has 0 saturated heterocycles. The van der Waals surface area contributed by atoms with E-state index in [1.165, 1.54) is 0 Å². The van der Waals surface area contributed by atoms with Gasteiger partial charge in [-0.05, 0) is 0 Å². The van der Waals surface area contributed by atoms with Gasteiger partial charge < -0.3 is 9.79 Å². The first-order valence-electron chi connectivity index (χ1n) is 0.752. The second kappa shape index (κ2) is 3.37. The first-order chi connectivity index (χ1) is 2.00. The first kappa shape index (κ1) is 10.4. The SMILES string of the molecule is O=P(O)(O)Cl.[Cd]. The molecule has 0 unspecified atom stereocenters. The third-order valence-electron chi connectivity index (χ3n) is 0. The summed E-state index contributed by atoms with van der Waals surface area (Å²) in [5, 5.41) is 0. The zero-order chi connectivity index (χ0) is 4.50. The molecule has 0 aromatic rings. The van der Waals surface area contributed by atoms with Crippen molar-refractivity contribution in [2.45, 2.75) is 0 Å². The van der Waals surface area contributed by atoms with Gasteiger partial charge in [-0.15, -0.1) is 0 Å². The maximum atomic E-state index is 9.09. The average Bonchev–Trinajstić information content (AvgIpc) is 0.722. The Bertz CT molecular complexity index is 56.9. The van der Waals surface area contributed by atoms with Crippen molar-refractivity contribution in [2.24, 2.45) is 0 Å². The van der Waals surface area contributed by atoms with Gasteiger partial charge in [-0.3, -0.25) is 0 Å². The van der Waals surface area contributed by atoms with Crippen LogP contribution in [0.2, 0.25) is 0 Å². The van der Waals surface area contributed by atoms with Gasteiger partial charge in [-0.25, -0.2) is 4.57 Å². The van der Waals surface area contributed by atoms with Crippen molar-refractivity contribution in [2.75, 3.05) is 0 Å². The Morgan fingerprint density at radius 1 is 1.50 bits per heavy atom. The summed E-state index contributed by atoms with van der Waals surface area (Å²) in [6, 6.07) is 0. The molecule has 0 aliphatic carbocycles. The van der Waals surface area contributed by atoms with E-state index in [0.29, 0.717) is 0 Å². The topological polar surface area (TPSA) is 57.5 Å². The molecule has 0 saturated carbocycles. The van der Waals surface area contributed by atoms with Crippen molar-refractivity contribution in [3.8, 4) is 0 Å². The molecule has 0 atom stereocenters. The minimum atomic E-state index is -4.17. The third-order valence-corrected chi connectivity index (χ3v) is 0. The molecule has 0 aliphatic heterocycles. The molecule has 0 aromatic heterocycles. The van der Waals surface area contributed by atoms with Crippen LogP contribution in [0.5, 0.6) is 0 Å². The second-order valence-corrected chi connectivity index (χ2v) is 2.74. The predicted octanol–water partition coefficient (Wildman–Crippen LogP) is 0.315. The average molecular weight is 229 g/mol. The molecule has 0 amide bonds. The van der Waals surface area contributed by atoms with Crippen molar-refractivity contribution >= 4 is 18.2 Å². The van der Waals surface area contributed by atoms with Gasteiger partial charge in [0.15, 0.2) is 0 Å². The monoisotopic (exact) mass is 230 g/mol. The number of hydrogen-bond donors (Lipinski definition) is 2. The summed E-state index contributed by atoms with van der Waals surface area (Å²) >= 11 is 4.20. The largest absolute Gasteiger partial charge is 0.419 e. The summed E-state index contributed by atoms with van der Waals surface area (Å²) in [7, 11) is 0. The zero-order valence-corrected chi connectivity index (χ0v) is 8.52. The van der Waals surface area contributed by atoms with Crippen LogP contribution in [0, 0.1) is 0 Å². The van der Waals surface area contributed by atoms with E-state index >= 15 is 0 Å². The van der Waals surface area contributed by atoms with E-state index < -0.39 is 6.95 Å². The summed E-state index contributed by atoms with van der Waals surface area (Å²) in [4.78, 5) is 14.8. The van der Waals surface area contributed by atoms with Crippen molar-refractivity contribution < 1.29 is 41.7 Å². The first-order valence-corrected chi connectivity index (χ1v) is 3.27. The molecule has 0 rings (SSSR count). The minimum Gasteiger partial charge on any atom is -0.313 e. The van der Waals surface area contributed by atoms with Crippen LogP contribution in [0.3, 0.4) is 0 Å². The smallest absolute Gasteiger partial charge is 0.313 e. The summed E-state index contributed by atoms with van der Waals surface area (Å²) < 4.78 is 9.09. The number of halogens is 1. The van der Waals surface area contributed by atoms with Gasteiger partial charge >= 0.3 is 6.95 Å². The van der Waals surface area contributed by atoms with Crippen LogP contribution in [-0.4, -0.2) is 9.79 Å². The van der Waals surface area contributed by atoms with E-state index in [4.69, 9.17) is 14.4 Å². The fourth-order valence-electron chi connectivity index (χ4n) is 0. The maximum absolute atomic E-state index is 9.09. The molecule has 6 heteroatoms. The normalized spacial score (nSPS) is 9.83. The van der Waals surface area contributed by atoms with Crippen LogP contribution >= 0.6 is 18.2 Å². The molecule has 0 heterocycles. The van der Waals surface area contributed by atoms with Crippen LogP contribution in [0.25, 0.3) is 0 Å². The molecule has 6 heavy (non-hydrogen) atoms. The Hall–Kier alpha value is 1.36. The van der Waals surface area contributed by atoms with E-state index in [1.54, 1.807) is 0 Å². The van der Waals surface area contributed by atoms with Gasteiger partial charge in [0, 0.05) is 38.5 Å².